The number of H-pyrrole nitrogens is 2. The Balaban J connectivity index is 3.15. The molecule has 0 saturated heterocycles. The van der Waals surface area contributed by atoms with E-state index in [2.05, 4.69) is 10.1 Å². The van der Waals surface area contributed by atoms with Crippen LogP contribution in [0.4, 0.5) is 0 Å². The summed E-state index contributed by atoms with van der Waals surface area (Å²) in [5.74, 6) is 0. The first-order valence-corrected chi connectivity index (χ1v) is 3.88. The molecule has 2 heterocycles. The maximum absolute atomic E-state index is 11.3. The van der Waals surface area contributed by atoms with Gasteiger partial charge in [0.15, 0.2) is 0 Å². The van der Waals surface area contributed by atoms with Gasteiger partial charge in [-0.25, -0.2) is 0 Å². The lowest BCUT2D eigenvalue weighted by atomic mass is 10.2. The minimum atomic E-state index is -0.195. The number of hydrogen-bond donors (Lipinski definition) is 2. The van der Waals surface area contributed by atoms with Gasteiger partial charge in [-0.2, -0.15) is 0 Å². The fraction of sp³-hybridized carbons (Fsp3) is 0.250. The molecule has 0 atom stereocenters. The topological polar surface area (TPSA) is 70.7 Å². The second-order valence-corrected chi connectivity index (χ2v) is 3.04. The molecule has 0 unspecified atom stereocenters. The third-order valence-electron chi connectivity index (χ3n) is 2.05. The van der Waals surface area contributed by atoms with Crippen LogP contribution in [0, 0.1) is 6.92 Å². The van der Waals surface area contributed by atoms with Gasteiger partial charge in [0.05, 0.1) is 5.39 Å². The van der Waals surface area contributed by atoms with Crippen LogP contribution < -0.4 is 11.1 Å². The molecule has 0 saturated carbocycles. The van der Waals surface area contributed by atoms with E-state index in [-0.39, 0.29) is 11.1 Å². The Labute approximate surface area is 73.0 Å². The van der Waals surface area contributed by atoms with Crippen molar-refractivity contribution in [1.29, 1.82) is 0 Å². The molecule has 0 bridgehead atoms. The number of hydrogen-bond acceptors (Lipinski definition) is 2. The first-order chi connectivity index (χ1) is 6.09. The first-order valence-electron chi connectivity index (χ1n) is 3.88. The maximum Gasteiger partial charge on any atom is 0.273 e. The molecule has 0 aliphatic carbocycles. The van der Waals surface area contributed by atoms with Gasteiger partial charge >= 0.3 is 0 Å². The van der Waals surface area contributed by atoms with Crippen molar-refractivity contribution in [2.75, 3.05) is 0 Å². The Kier molecular flexibility index (Phi) is 1.42. The summed E-state index contributed by atoms with van der Waals surface area (Å²) in [7, 11) is 1.68. The molecule has 0 radical (unpaired) electrons. The second-order valence-electron chi connectivity index (χ2n) is 3.04. The van der Waals surface area contributed by atoms with Crippen molar-refractivity contribution in [2.24, 2.45) is 7.05 Å². The molecule has 5 heteroatoms. The van der Waals surface area contributed by atoms with Crippen LogP contribution in [0.25, 0.3) is 11.0 Å². The molecular weight excluding hydrogens is 170 g/mol. The molecule has 2 aromatic heterocycles. The van der Waals surface area contributed by atoms with Gasteiger partial charge in [-0.05, 0) is 12.5 Å². The number of fused-ring (bicyclic) bond motifs is 1. The van der Waals surface area contributed by atoms with Crippen LogP contribution in [-0.2, 0) is 7.05 Å². The average molecular weight is 179 g/mol. The zero-order valence-electron chi connectivity index (χ0n) is 7.34. The lowest BCUT2D eigenvalue weighted by Gasteiger charge is -1.95. The summed E-state index contributed by atoms with van der Waals surface area (Å²) >= 11 is 0. The molecule has 2 aromatic rings. The number of pyridine rings is 1. The lowest BCUT2D eigenvalue weighted by molar-refractivity contribution is 0.772. The summed E-state index contributed by atoms with van der Waals surface area (Å²) in [6.07, 6.45) is 0. The van der Waals surface area contributed by atoms with E-state index in [0.29, 0.717) is 16.6 Å². The Hall–Kier alpha value is -1.78. The number of rotatable bonds is 0. The van der Waals surface area contributed by atoms with Gasteiger partial charge in [-0.1, -0.05) is 0 Å². The van der Waals surface area contributed by atoms with Crippen molar-refractivity contribution in [3.8, 4) is 0 Å². The third-order valence-corrected chi connectivity index (χ3v) is 2.05. The number of aryl methyl sites for hydroxylation is 2. The van der Waals surface area contributed by atoms with Gasteiger partial charge in [-0.15, -0.1) is 0 Å². The Bertz CT molecular complexity index is 573. The van der Waals surface area contributed by atoms with Gasteiger partial charge in [0.25, 0.3) is 5.56 Å². The number of nitrogens with one attached hydrogen (secondary N) is 2. The summed E-state index contributed by atoms with van der Waals surface area (Å²) in [4.78, 5) is 25.0. The summed E-state index contributed by atoms with van der Waals surface area (Å²) < 4.78 is 1.51. The van der Waals surface area contributed by atoms with Crippen molar-refractivity contribution in [3.05, 3.63) is 32.3 Å². The lowest BCUT2D eigenvalue weighted by Crippen LogP contribution is -2.07. The highest BCUT2D eigenvalue weighted by Crippen LogP contribution is 2.06. The van der Waals surface area contributed by atoms with Crippen LogP contribution in [0.3, 0.4) is 0 Å². The molecule has 0 spiro atoms. The molecule has 2 N–H and O–H groups in total. The SMILES string of the molecule is Cc1cc(=O)[nH]c2c1c(=O)[nH]n2C. The monoisotopic (exact) mass is 179 g/mol. The number of aromatic nitrogens is 3. The molecule has 0 aromatic carbocycles. The third kappa shape index (κ3) is 1.00. The van der Waals surface area contributed by atoms with E-state index >= 15 is 0 Å². The smallest absolute Gasteiger partial charge is 0.273 e. The first kappa shape index (κ1) is 7.85. The predicted octanol–water partition coefficient (Wildman–Crippen LogP) is -0.137. The highest BCUT2D eigenvalue weighted by atomic mass is 16.1. The zero-order chi connectivity index (χ0) is 9.59. The fourth-order valence-electron chi connectivity index (χ4n) is 1.47. The van der Waals surface area contributed by atoms with E-state index in [1.54, 1.807) is 14.0 Å². The van der Waals surface area contributed by atoms with Crippen LogP contribution in [0.2, 0.25) is 0 Å². The summed E-state index contributed by atoms with van der Waals surface area (Å²) in [5.41, 5.74) is 0.862. The highest BCUT2D eigenvalue weighted by Gasteiger charge is 2.07. The van der Waals surface area contributed by atoms with Crippen LogP contribution in [-0.4, -0.2) is 14.8 Å². The molecule has 13 heavy (non-hydrogen) atoms. The molecule has 0 amide bonds. The van der Waals surface area contributed by atoms with E-state index in [1.807, 2.05) is 0 Å². The van der Waals surface area contributed by atoms with Crippen molar-refractivity contribution < 1.29 is 0 Å². The van der Waals surface area contributed by atoms with Gasteiger partial charge in [-0.3, -0.25) is 19.4 Å². The number of aromatic amines is 2. The summed E-state index contributed by atoms with van der Waals surface area (Å²) in [6.45, 7) is 1.74. The molecule has 68 valence electrons. The minimum absolute atomic E-state index is 0.175. The Morgan fingerprint density at radius 2 is 2.08 bits per heavy atom. The van der Waals surface area contributed by atoms with E-state index in [9.17, 15) is 9.59 Å². The van der Waals surface area contributed by atoms with Crippen LogP contribution in [0.1, 0.15) is 5.56 Å². The highest BCUT2D eigenvalue weighted by molar-refractivity contribution is 5.77. The molecule has 5 nitrogen and oxygen atoms in total. The van der Waals surface area contributed by atoms with Gasteiger partial charge in [0.2, 0.25) is 5.56 Å². The number of nitrogens with zero attached hydrogens (tertiary/aromatic N) is 1. The van der Waals surface area contributed by atoms with Gasteiger partial charge in [0, 0.05) is 13.1 Å². The van der Waals surface area contributed by atoms with Gasteiger partial charge < -0.3 is 4.98 Å². The second kappa shape index (κ2) is 2.35. The fourth-order valence-corrected chi connectivity index (χ4v) is 1.47. The normalized spacial score (nSPS) is 10.9. The van der Waals surface area contributed by atoms with E-state index in [0.717, 1.165) is 0 Å². The van der Waals surface area contributed by atoms with Crippen LogP contribution in [0.15, 0.2) is 15.7 Å². The predicted molar refractivity (Wildman–Crippen MR) is 48.9 cm³/mol. The molecule has 0 aliphatic heterocycles. The standard InChI is InChI=1S/C8H9N3O2/c1-4-3-5(12)9-7-6(4)8(13)10-11(7)2/h3H,1-2H3,(H,9,12)(H,10,13). The average Bonchev–Trinajstić information content (AvgIpc) is 2.27. The van der Waals surface area contributed by atoms with E-state index < -0.39 is 0 Å². The Morgan fingerprint density at radius 1 is 1.38 bits per heavy atom. The van der Waals surface area contributed by atoms with E-state index in [4.69, 9.17) is 0 Å². The molecule has 0 fully saturated rings. The van der Waals surface area contributed by atoms with Crippen molar-refractivity contribution in [2.45, 2.75) is 6.92 Å². The molecular formula is C8H9N3O2. The molecule has 0 aliphatic rings. The quantitative estimate of drug-likeness (QED) is 0.591. The largest absolute Gasteiger partial charge is 0.307 e. The van der Waals surface area contributed by atoms with Crippen molar-refractivity contribution >= 4 is 11.0 Å². The maximum atomic E-state index is 11.3. The minimum Gasteiger partial charge on any atom is -0.307 e. The summed E-state index contributed by atoms with van der Waals surface area (Å²) in [5, 5.41) is 3.12. The van der Waals surface area contributed by atoms with Gasteiger partial charge in [0.1, 0.15) is 5.65 Å². The van der Waals surface area contributed by atoms with E-state index in [1.165, 1.54) is 10.7 Å². The van der Waals surface area contributed by atoms with Crippen molar-refractivity contribution in [3.63, 3.8) is 0 Å². The zero-order valence-corrected chi connectivity index (χ0v) is 7.34. The van der Waals surface area contributed by atoms with Crippen LogP contribution in [0.5, 0.6) is 0 Å². The molecule has 2 rings (SSSR count). The van der Waals surface area contributed by atoms with Crippen molar-refractivity contribution in [1.82, 2.24) is 14.8 Å². The van der Waals surface area contributed by atoms with Crippen LogP contribution >= 0.6 is 0 Å². The Morgan fingerprint density at radius 3 is 2.77 bits per heavy atom. The summed E-state index contributed by atoms with van der Waals surface area (Å²) in [6, 6.07) is 1.41.